The van der Waals surface area contributed by atoms with Crippen LogP contribution in [0.1, 0.15) is 44.1 Å². The standard InChI is InChI=1S/C24H28F3N3O3S/c1-3-7-19(20(29)31)30(22(16-28)14-15-22)21(24(25,26)27)23(34(2,32)33)12-10-18(11-13-23)17-8-5-4-6-9-17/h4-6,8-13,18-19,21H,3,7,14-15H2,1-2H3,(H2,29,31)/t18?,19-,21+,23?/m0/s1. The van der Waals surface area contributed by atoms with Crippen LogP contribution in [0, 0.1) is 11.3 Å². The van der Waals surface area contributed by atoms with Crippen molar-refractivity contribution in [1.29, 1.82) is 5.26 Å². The first-order valence-corrected chi connectivity index (χ1v) is 12.9. The number of rotatable bonds is 9. The van der Waals surface area contributed by atoms with Gasteiger partial charge in [-0.1, -0.05) is 68.0 Å². The van der Waals surface area contributed by atoms with E-state index in [0.717, 1.165) is 28.9 Å². The largest absolute Gasteiger partial charge is 0.406 e. The van der Waals surface area contributed by atoms with E-state index in [2.05, 4.69) is 0 Å². The van der Waals surface area contributed by atoms with Crippen molar-refractivity contribution in [3.05, 3.63) is 60.2 Å². The zero-order chi connectivity index (χ0) is 25.4. The van der Waals surface area contributed by atoms with Gasteiger partial charge in [-0.05, 0) is 24.8 Å². The summed E-state index contributed by atoms with van der Waals surface area (Å²) in [6.45, 7) is 1.68. The van der Waals surface area contributed by atoms with Crippen LogP contribution in [0.3, 0.4) is 0 Å². The predicted molar refractivity (Wildman–Crippen MR) is 122 cm³/mol. The first-order chi connectivity index (χ1) is 15.8. The molecule has 6 nitrogen and oxygen atoms in total. The van der Waals surface area contributed by atoms with Crippen LogP contribution < -0.4 is 5.73 Å². The van der Waals surface area contributed by atoms with Crippen LogP contribution in [0.2, 0.25) is 0 Å². The fourth-order valence-corrected chi connectivity index (χ4v) is 6.06. The fourth-order valence-electron chi connectivity index (χ4n) is 4.75. The molecule has 0 spiro atoms. The van der Waals surface area contributed by atoms with E-state index in [1.165, 1.54) is 12.2 Å². The first kappa shape index (κ1) is 26.0. The molecule has 0 aliphatic heterocycles. The van der Waals surface area contributed by atoms with Crippen molar-refractivity contribution >= 4 is 15.7 Å². The summed E-state index contributed by atoms with van der Waals surface area (Å²) in [6.07, 6.45) is 1.08. The molecule has 10 heteroatoms. The van der Waals surface area contributed by atoms with Crippen molar-refractivity contribution in [2.24, 2.45) is 5.73 Å². The van der Waals surface area contributed by atoms with Gasteiger partial charge in [0.2, 0.25) is 5.91 Å². The Labute approximate surface area is 197 Å². The molecule has 2 atom stereocenters. The molecule has 0 saturated heterocycles. The van der Waals surface area contributed by atoms with Crippen molar-refractivity contribution in [3.8, 4) is 6.07 Å². The Morgan fingerprint density at radius 3 is 2.18 bits per heavy atom. The summed E-state index contributed by atoms with van der Waals surface area (Å²) in [5.74, 6) is -1.45. The molecule has 2 aliphatic carbocycles. The Morgan fingerprint density at radius 2 is 1.79 bits per heavy atom. The van der Waals surface area contributed by atoms with Crippen LogP contribution in [0.25, 0.3) is 0 Å². The average Bonchev–Trinajstić information content (AvgIpc) is 3.56. The van der Waals surface area contributed by atoms with Gasteiger partial charge in [-0.2, -0.15) is 18.4 Å². The number of carbonyl (C=O) groups excluding carboxylic acids is 1. The third-order valence-electron chi connectivity index (χ3n) is 6.62. The van der Waals surface area contributed by atoms with E-state index >= 15 is 0 Å². The molecule has 0 aromatic heterocycles. The summed E-state index contributed by atoms with van der Waals surface area (Å²) in [6, 6.07) is 6.73. The maximum atomic E-state index is 14.9. The third-order valence-corrected chi connectivity index (χ3v) is 8.40. The van der Waals surface area contributed by atoms with Gasteiger partial charge in [-0.3, -0.25) is 9.69 Å². The van der Waals surface area contributed by atoms with Crippen molar-refractivity contribution in [2.75, 3.05) is 6.26 Å². The monoisotopic (exact) mass is 495 g/mol. The van der Waals surface area contributed by atoms with E-state index in [9.17, 15) is 31.6 Å². The lowest BCUT2D eigenvalue weighted by Crippen LogP contribution is -2.68. The van der Waals surface area contributed by atoms with Gasteiger partial charge in [0.25, 0.3) is 0 Å². The Hall–Kier alpha value is -2.64. The van der Waals surface area contributed by atoms with Crippen LogP contribution in [0.15, 0.2) is 54.6 Å². The van der Waals surface area contributed by atoms with Crippen molar-refractivity contribution in [2.45, 2.75) is 67.1 Å². The van der Waals surface area contributed by atoms with Crippen molar-refractivity contribution < 1.29 is 26.4 Å². The minimum atomic E-state index is -5.09. The number of sulfone groups is 1. The Morgan fingerprint density at radius 1 is 1.24 bits per heavy atom. The molecule has 2 aliphatic rings. The number of hydrogen-bond donors (Lipinski definition) is 1. The summed E-state index contributed by atoms with van der Waals surface area (Å²) in [7, 11) is -4.43. The molecule has 1 amide bonds. The zero-order valence-electron chi connectivity index (χ0n) is 19.0. The molecule has 184 valence electrons. The molecule has 0 radical (unpaired) electrons. The molecule has 0 unspecified atom stereocenters. The number of benzene rings is 1. The molecule has 0 bridgehead atoms. The number of amides is 1. The van der Waals surface area contributed by atoms with Crippen LogP contribution in [-0.2, 0) is 14.6 Å². The minimum absolute atomic E-state index is 0.0365. The molecule has 2 N–H and O–H groups in total. The number of nitrogens with two attached hydrogens (primary N) is 1. The van der Waals surface area contributed by atoms with E-state index < -0.39 is 50.2 Å². The molecule has 0 heterocycles. The molecule has 1 saturated carbocycles. The molecule has 1 aromatic rings. The van der Waals surface area contributed by atoms with Crippen LogP contribution >= 0.6 is 0 Å². The zero-order valence-corrected chi connectivity index (χ0v) is 19.8. The molecular weight excluding hydrogens is 467 g/mol. The second-order valence-electron chi connectivity index (χ2n) is 8.98. The van der Waals surface area contributed by atoms with E-state index in [1.54, 1.807) is 37.3 Å². The fraction of sp³-hybridized carbons (Fsp3) is 0.500. The number of primary amides is 1. The quantitative estimate of drug-likeness (QED) is 0.527. The summed E-state index contributed by atoms with van der Waals surface area (Å²) in [4.78, 5) is 13.1. The van der Waals surface area contributed by atoms with Gasteiger partial charge < -0.3 is 5.73 Å². The van der Waals surface area contributed by atoms with E-state index in [4.69, 9.17) is 5.73 Å². The van der Waals surface area contributed by atoms with Gasteiger partial charge in [0.15, 0.2) is 9.84 Å². The van der Waals surface area contributed by atoms with Gasteiger partial charge in [0, 0.05) is 12.2 Å². The maximum Gasteiger partial charge on any atom is 0.406 e. The summed E-state index contributed by atoms with van der Waals surface area (Å²) < 4.78 is 68.3. The Balaban J connectivity index is 2.23. The van der Waals surface area contributed by atoms with Crippen molar-refractivity contribution in [1.82, 2.24) is 4.90 Å². The lowest BCUT2D eigenvalue weighted by atomic mass is 9.84. The number of halogens is 3. The van der Waals surface area contributed by atoms with Crippen molar-refractivity contribution in [3.63, 3.8) is 0 Å². The van der Waals surface area contributed by atoms with E-state index in [-0.39, 0.29) is 19.3 Å². The number of hydrogen-bond acceptors (Lipinski definition) is 5. The molecule has 1 aromatic carbocycles. The lowest BCUT2D eigenvalue weighted by Gasteiger charge is -2.48. The topological polar surface area (TPSA) is 104 Å². The van der Waals surface area contributed by atoms with Crippen LogP contribution in [0.5, 0.6) is 0 Å². The normalized spacial score (nSPS) is 25.5. The number of nitrogens with zero attached hydrogens (tertiary/aromatic N) is 2. The smallest absolute Gasteiger partial charge is 0.368 e. The van der Waals surface area contributed by atoms with E-state index in [0.29, 0.717) is 6.42 Å². The summed E-state index contributed by atoms with van der Waals surface area (Å²) in [5.41, 5.74) is 4.69. The molecule has 1 fully saturated rings. The highest BCUT2D eigenvalue weighted by molar-refractivity contribution is 7.92. The average molecular weight is 496 g/mol. The molecule has 3 rings (SSSR count). The SMILES string of the molecule is CCC[C@@H](C(N)=O)N([C@@H](C(F)(F)F)C1(S(C)(=O)=O)C=CC(c2ccccc2)C=C1)C1(C#N)CC1. The third kappa shape index (κ3) is 4.64. The van der Waals surface area contributed by atoms with Gasteiger partial charge >= 0.3 is 6.18 Å². The van der Waals surface area contributed by atoms with Gasteiger partial charge in [0.1, 0.15) is 16.3 Å². The first-order valence-electron chi connectivity index (χ1n) is 11.0. The Kier molecular flexibility index (Phi) is 7.02. The molecule has 34 heavy (non-hydrogen) atoms. The second kappa shape index (κ2) is 9.19. The van der Waals surface area contributed by atoms with Crippen LogP contribution in [0.4, 0.5) is 13.2 Å². The highest BCUT2D eigenvalue weighted by atomic mass is 32.2. The van der Waals surface area contributed by atoms with Gasteiger partial charge in [-0.25, -0.2) is 8.42 Å². The van der Waals surface area contributed by atoms with Gasteiger partial charge in [0.05, 0.1) is 12.1 Å². The summed E-state index contributed by atoms with van der Waals surface area (Å²) in [5, 5.41) is 9.82. The molecular formula is C24H28F3N3O3S. The number of nitriles is 1. The lowest BCUT2D eigenvalue weighted by molar-refractivity contribution is -0.200. The number of alkyl halides is 3. The minimum Gasteiger partial charge on any atom is -0.368 e. The maximum absolute atomic E-state index is 14.9. The number of allylic oxidation sites excluding steroid dienone is 2. The predicted octanol–water partition coefficient (Wildman–Crippen LogP) is 3.62. The second-order valence-corrected chi connectivity index (χ2v) is 11.2. The number of carbonyl (C=O) groups is 1. The highest BCUT2D eigenvalue weighted by Crippen LogP contribution is 2.51. The van der Waals surface area contributed by atoms with Gasteiger partial charge in [-0.15, -0.1) is 0 Å². The van der Waals surface area contributed by atoms with Crippen LogP contribution in [-0.4, -0.2) is 54.0 Å². The Bertz CT molecular complexity index is 1110. The van der Waals surface area contributed by atoms with E-state index in [1.807, 2.05) is 6.07 Å². The highest BCUT2D eigenvalue weighted by Gasteiger charge is 2.67. The summed E-state index contributed by atoms with van der Waals surface area (Å²) >= 11 is 0.